The first kappa shape index (κ1) is 16.8. The highest BCUT2D eigenvalue weighted by Crippen LogP contribution is 2.09. The number of hydrogen-bond acceptors (Lipinski definition) is 6. The molecule has 7 heteroatoms. The minimum atomic E-state index is -1.55. The van der Waals surface area contributed by atoms with Crippen LogP contribution in [0.4, 0.5) is 0 Å². The van der Waals surface area contributed by atoms with Gasteiger partial charge in [-0.05, 0) is 13.8 Å². The topological polar surface area (TPSA) is 96.3 Å². The molecule has 2 N–H and O–H groups in total. The van der Waals surface area contributed by atoms with Crippen molar-refractivity contribution in [3.63, 3.8) is 0 Å². The standard InChI is InChI=1S/C11H21NO6/c1-11(2,10(15)16)18-9(14)8-12(4-6-13)5-7-17-3/h13H,4-8H2,1-3H3,(H,15,16). The van der Waals surface area contributed by atoms with Crippen LogP contribution in [0.5, 0.6) is 0 Å². The Labute approximate surface area is 106 Å². The van der Waals surface area contributed by atoms with Gasteiger partial charge in [-0.2, -0.15) is 0 Å². The number of carbonyl (C=O) groups excluding carboxylic acids is 1. The molecule has 0 saturated heterocycles. The summed E-state index contributed by atoms with van der Waals surface area (Å²) in [4.78, 5) is 24.0. The zero-order valence-electron chi connectivity index (χ0n) is 11.0. The first-order valence-electron chi connectivity index (χ1n) is 5.61. The highest BCUT2D eigenvalue weighted by molar-refractivity contribution is 5.81. The molecule has 0 aromatic carbocycles. The van der Waals surface area contributed by atoms with Gasteiger partial charge in [0.05, 0.1) is 19.8 Å². The number of hydrogen-bond donors (Lipinski definition) is 2. The molecule has 0 amide bonds. The maximum atomic E-state index is 11.6. The molecule has 0 spiro atoms. The van der Waals surface area contributed by atoms with Crippen LogP contribution in [0.2, 0.25) is 0 Å². The summed E-state index contributed by atoms with van der Waals surface area (Å²) < 4.78 is 9.72. The molecule has 0 aliphatic rings. The Hall–Kier alpha value is -1.18. The van der Waals surface area contributed by atoms with Crippen molar-refractivity contribution in [2.75, 3.05) is 40.0 Å². The second kappa shape index (κ2) is 8.02. The van der Waals surface area contributed by atoms with Crippen LogP contribution < -0.4 is 0 Å². The van der Waals surface area contributed by atoms with Crippen molar-refractivity contribution in [3.8, 4) is 0 Å². The van der Waals surface area contributed by atoms with E-state index in [1.165, 1.54) is 21.0 Å². The molecule has 0 aliphatic carbocycles. The lowest BCUT2D eigenvalue weighted by Gasteiger charge is -2.24. The fourth-order valence-corrected chi connectivity index (χ4v) is 1.17. The summed E-state index contributed by atoms with van der Waals surface area (Å²) in [6, 6.07) is 0. The highest BCUT2D eigenvalue weighted by atomic mass is 16.6. The number of aliphatic hydroxyl groups is 1. The van der Waals surface area contributed by atoms with E-state index in [0.717, 1.165) is 0 Å². The summed E-state index contributed by atoms with van der Waals surface area (Å²) in [7, 11) is 1.53. The first-order valence-corrected chi connectivity index (χ1v) is 5.61. The Morgan fingerprint density at radius 2 is 1.89 bits per heavy atom. The van der Waals surface area contributed by atoms with E-state index >= 15 is 0 Å². The van der Waals surface area contributed by atoms with Gasteiger partial charge in [-0.25, -0.2) is 4.79 Å². The third-order valence-electron chi connectivity index (χ3n) is 2.26. The van der Waals surface area contributed by atoms with Crippen molar-refractivity contribution in [2.24, 2.45) is 0 Å². The van der Waals surface area contributed by atoms with Crippen LogP contribution in [0.15, 0.2) is 0 Å². The summed E-state index contributed by atoms with van der Waals surface area (Å²) in [6.45, 7) is 3.60. The van der Waals surface area contributed by atoms with Crippen LogP contribution in [0, 0.1) is 0 Å². The fourth-order valence-electron chi connectivity index (χ4n) is 1.17. The van der Waals surface area contributed by atoms with Crippen molar-refractivity contribution in [2.45, 2.75) is 19.4 Å². The lowest BCUT2D eigenvalue weighted by Crippen LogP contribution is -2.42. The van der Waals surface area contributed by atoms with Gasteiger partial charge in [0.2, 0.25) is 5.60 Å². The Balaban J connectivity index is 4.28. The molecule has 0 bridgehead atoms. The fraction of sp³-hybridized carbons (Fsp3) is 0.818. The van der Waals surface area contributed by atoms with E-state index in [1.807, 2.05) is 0 Å². The molecule has 0 unspecified atom stereocenters. The molecule has 7 nitrogen and oxygen atoms in total. The smallest absolute Gasteiger partial charge is 0.347 e. The third-order valence-corrected chi connectivity index (χ3v) is 2.26. The second-order valence-electron chi connectivity index (χ2n) is 4.28. The minimum absolute atomic E-state index is 0.0827. The lowest BCUT2D eigenvalue weighted by molar-refractivity contribution is -0.175. The van der Waals surface area contributed by atoms with Gasteiger partial charge in [-0.15, -0.1) is 0 Å². The average Bonchev–Trinajstić information content (AvgIpc) is 2.25. The zero-order chi connectivity index (χ0) is 14.2. The summed E-state index contributed by atoms with van der Waals surface area (Å²) in [5.74, 6) is -1.85. The predicted octanol–water partition coefficient (Wildman–Crippen LogP) is -0.666. The highest BCUT2D eigenvalue weighted by Gasteiger charge is 2.32. The Morgan fingerprint density at radius 3 is 2.33 bits per heavy atom. The molecular formula is C11H21NO6. The minimum Gasteiger partial charge on any atom is -0.478 e. The van der Waals surface area contributed by atoms with E-state index in [2.05, 4.69) is 0 Å². The van der Waals surface area contributed by atoms with Gasteiger partial charge in [0.25, 0.3) is 0 Å². The molecule has 0 atom stereocenters. The van der Waals surface area contributed by atoms with Gasteiger partial charge >= 0.3 is 11.9 Å². The molecule has 0 saturated carbocycles. The Kier molecular flexibility index (Phi) is 7.49. The Morgan fingerprint density at radius 1 is 1.28 bits per heavy atom. The van der Waals surface area contributed by atoms with Crippen LogP contribution in [0.1, 0.15) is 13.8 Å². The molecule has 0 aromatic rings. The van der Waals surface area contributed by atoms with E-state index in [9.17, 15) is 9.59 Å². The molecule has 0 heterocycles. The summed E-state index contributed by atoms with van der Waals surface area (Å²) in [6.07, 6.45) is 0. The number of nitrogens with zero attached hydrogens (tertiary/aromatic N) is 1. The number of aliphatic carboxylic acids is 1. The molecule has 106 valence electrons. The number of carboxylic acids is 1. The van der Waals surface area contributed by atoms with Crippen LogP contribution in [-0.4, -0.2) is 72.6 Å². The predicted molar refractivity (Wildman–Crippen MR) is 63.2 cm³/mol. The quantitative estimate of drug-likeness (QED) is 0.533. The van der Waals surface area contributed by atoms with Crippen molar-refractivity contribution in [1.29, 1.82) is 0 Å². The number of rotatable bonds is 9. The van der Waals surface area contributed by atoms with E-state index in [1.54, 1.807) is 4.90 Å². The van der Waals surface area contributed by atoms with Gasteiger partial charge in [-0.1, -0.05) is 0 Å². The van der Waals surface area contributed by atoms with Gasteiger partial charge in [-0.3, -0.25) is 9.69 Å². The number of carbonyl (C=O) groups is 2. The van der Waals surface area contributed by atoms with Gasteiger partial charge < -0.3 is 19.7 Å². The average molecular weight is 263 g/mol. The number of esters is 1. The molecular weight excluding hydrogens is 242 g/mol. The van der Waals surface area contributed by atoms with Crippen LogP contribution in [0.25, 0.3) is 0 Å². The summed E-state index contributed by atoms with van der Waals surface area (Å²) in [5, 5.41) is 17.7. The second-order valence-corrected chi connectivity index (χ2v) is 4.28. The molecule has 0 aliphatic heterocycles. The van der Waals surface area contributed by atoms with Crippen molar-refractivity contribution in [1.82, 2.24) is 4.90 Å². The van der Waals surface area contributed by atoms with E-state index in [4.69, 9.17) is 19.7 Å². The Bertz CT molecular complexity index is 279. The molecule has 0 rings (SSSR count). The summed E-state index contributed by atoms with van der Waals surface area (Å²) in [5.41, 5.74) is -1.55. The largest absolute Gasteiger partial charge is 0.478 e. The van der Waals surface area contributed by atoms with E-state index < -0.39 is 17.5 Å². The lowest BCUT2D eigenvalue weighted by atomic mass is 10.1. The van der Waals surface area contributed by atoms with Crippen LogP contribution >= 0.6 is 0 Å². The van der Waals surface area contributed by atoms with Gasteiger partial charge in [0.1, 0.15) is 0 Å². The maximum Gasteiger partial charge on any atom is 0.347 e. The zero-order valence-corrected chi connectivity index (χ0v) is 11.0. The van der Waals surface area contributed by atoms with E-state index in [-0.39, 0.29) is 13.2 Å². The molecule has 0 aromatic heterocycles. The molecule has 0 radical (unpaired) electrons. The third kappa shape index (κ3) is 6.53. The maximum absolute atomic E-state index is 11.6. The number of methoxy groups -OCH3 is 1. The molecule has 0 fully saturated rings. The number of carboxylic acid groups (broad SMARTS) is 1. The van der Waals surface area contributed by atoms with Crippen LogP contribution in [-0.2, 0) is 19.1 Å². The number of aliphatic hydroxyl groups excluding tert-OH is 1. The van der Waals surface area contributed by atoms with Crippen molar-refractivity contribution in [3.05, 3.63) is 0 Å². The van der Waals surface area contributed by atoms with Crippen molar-refractivity contribution < 1.29 is 29.3 Å². The summed E-state index contributed by atoms with van der Waals surface area (Å²) >= 11 is 0. The normalized spacial score (nSPS) is 11.6. The monoisotopic (exact) mass is 263 g/mol. The van der Waals surface area contributed by atoms with Crippen molar-refractivity contribution >= 4 is 11.9 Å². The van der Waals surface area contributed by atoms with Crippen LogP contribution in [0.3, 0.4) is 0 Å². The van der Waals surface area contributed by atoms with Gasteiger partial charge in [0, 0.05) is 20.2 Å². The van der Waals surface area contributed by atoms with Gasteiger partial charge in [0.15, 0.2) is 0 Å². The number of ether oxygens (including phenoxy) is 2. The SMILES string of the molecule is COCCN(CCO)CC(=O)OC(C)(C)C(=O)O. The van der Waals surface area contributed by atoms with E-state index in [0.29, 0.717) is 19.7 Å². The first-order chi connectivity index (χ1) is 8.33. The molecule has 18 heavy (non-hydrogen) atoms.